The molecule has 75 valence electrons. The second-order valence-electron chi connectivity index (χ2n) is 3.55. The van der Waals surface area contributed by atoms with Crippen LogP contribution in [0.5, 0.6) is 0 Å². The first kappa shape index (κ1) is 11.0. The molecule has 1 heterocycles. The Balaban J connectivity index is 2.40. The molecule has 2 N–H and O–H groups in total. The average molecular weight is 185 g/mol. The summed E-state index contributed by atoms with van der Waals surface area (Å²) in [5.41, 5.74) is 0. The summed E-state index contributed by atoms with van der Waals surface area (Å²) in [6.45, 7) is 4.02. The monoisotopic (exact) mass is 185 g/mol. The number of hydrogen-bond acceptors (Lipinski definition) is 3. The van der Waals surface area contributed by atoms with Crippen LogP contribution in [0.25, 0.3) is 0 Å². The second-order valence-corrected chi connectivity index (χ2v) is 3.55. The third kappa shape index (κ3) is 2.45. The van der Waals surface area contributed by atoms with Crippen molar-refractivity contribution in [2.45, 2.75) is 57.3 Å². The van der Waals surface area contributed by atoms with E-state index in [1.807, 2.05) is 14.2 Å². The Labute approximate surface area is 80.3 Å². The molecule has 1 unspecified atom stereocenters. The van der Waals surface area contributed by atoms with Crippen molar-refractivity contribution in [1.29, 1.82) is 0 Å². The normalized spacial score (nSPS) is 39.4. The van der Waals surface area contributed by atoms with Gasteiger partial charge in [0.05, 0.1) is 12.1 Å². The number of ether oxygens (including phenoxy) is 1. The summed E-state index contributed by atoms with van der Waals surface area (Å²) >= 11 is 0. The van der Waals surface area contributed by atoms with Crippen molar-refractivity contribution in [1.82, 2.24) is 0 Å². The Morgan fingerprint density at radius 1 is 1.23 bits per heavy atom. The van der Waals surface area contributed by atoms with Gasteiger partial charge >= 0.3 is 0 Å². The molecule has 0 aromatic heterocycles. The zero-order valence-electron chi connectivity index (χ0n) is 8.31. The molecule has 0 bridgehead atoms. The lowest BCUT2D eigenvalue weighted by molar-refractivity contribution is 0.0209. The molecule has 1 radical (unpaired) electrons. The fraction of sp³-hybridized carbons (Fsp3) is 1.00. The van der Waals surface area contributed by atoms with Gasteiger partial charge in [-0.3, -0.25) is 0 Å². The molecule has 0 aliphatic carbocycles. The van der Waals surface area contributed by atoms with E-state index in [9.17, 15) is 10.2 Å². The van der Waals surface area contributed by atoms with Gasteiger partial charge in [-0.2, -0.15) is 0 Å². The predicted molar refractivity (Wildman–Crippen MR) is 51.8 cm³/mol. The van der Waals surface area contributed by atoms with Crippen LogP contribution in [0.1, 0.15) is 26.7 Å². The van der Waals surface area contributed by atoms with Crippen molar-refractivity contribution in [3.05, 3.63) is 0 Å². The predicted octanol–water partition coefficient (Wildman–Crippen LogP) is 0.376. The standard InChI is InChI=1S/C9H18BO3/c1-3-5-10-9-8(12)7(11)6(4-2)13-9/h6-9,11-12H,3-5H2,1-2H3/t6-,7+,8?,9-/m1/s1. The van der Waals surface area contributed by atoms with E-state index in [4.69, 9.17) is 4.74 Å². The van der Waals surface area contributed by atoms with Gasteiger partial charge in [0.1, 0.15) is 12.2 Å². The number of aliphatic hydroxyl groups excluding tert-OH is 2. The quantitative estimate of drug-likeness (QED) is 0.622. The number of aliphatic hydroxyl groups is 2. The fourth-order valence-corrected chi connectivity index (χ4v) is 1.64. The molecule has 3 nitrogen and oxygen atoms in total. The SMILES string of the molecule is CCC[B][C@@H]1O[C@H](CC)[C@H](O)C1O. The van der Waals surface area contributed by atoms with Crippen molar-refractivity contribution in [3.8, 4) is 0 Å². The highest BCUT2D eigenvalue weighted by atomic mass is 16.5. The maximum Gasteiger partial charge on any atom is 0.153 e. The molecule has 0 amide bonds. The van der Waals surface area contributed by atoms with Gasteiger partial charge in [0.2, 0.25) is 0 Å². The molecule has 4 heteroatoms. The lowest BCUT2D eigenvalue weighted by atomic mass is 9.65. The third-order valence-electron chi connectivity index (χ3n) is 2.49. The average Bonchev–Trinajstić information content (AvgIpc) is 2.41. The fourth-order valence-electron chi connectivity index (χ4n) is 1.64. The van der Waals surface area contributed by atoms with E-state index in [-0.39, 0.29) is 12.1 Å². The second kappa shape index (κ2) is 4.98. The summed E-state index contributed by atoms with van der Waals surface area (Å²) in [5, 5.41) is 19.1. The van der Waals surface area contributed by atoms with Gasteiger partial charge in [-0.25, -0.2) is 0 Å². The van der Waals surface area contributed by atoms with E-state index in [2.05, 4.69) is 6.92 Å². The Bertz CT molecular complexity index is 154. The zero-order chi connectivity index (χ0) is 9.84. The Kier molecular flexibility index (Phi) is 4.23. The molecule has 1 aliphatic heterocycles. The maximum absolute atomic E-state index is 9.58. The van der Waals surface area contributed by atoms with Crippen molar-refractivity contribution in [3.63, 3.8) is 0 Å². The van der Waals surface area contributed by atoms with E-state index in [0.29, 0.717) is 0 Å². The molecule has 0 saturated carbocycles. The van der Waals surface area contributed by atoms with Crippen LogP contribution in [0.2, 0.25) is 6.32 Å². The highest BCUT2D eigenvalue weighted by molar-refractivity contribution is 6.37. The minimum Gasteiger partial charge on any atom is -0.388 e. The van der Waals surface area contributed by atoms with E-state index in [1.165, 1.54) is 0 Å². The lowest BCUT2D eigenvalue weighted by Gasteiger charge is -2.12. The molecule has 1 fully saturated rings. The summed E-state index contributed by atoms with van der Waals surface area (Å²) < 4.78 is 5.48. The van der Waals surface area contributed by atoms with Gasteiger partial charge < -0.3 is 14.9 Å². The topological polar surface area (TPSA) is 49.7 Å². The van der Waals surface area contributed by atoms with E-state index >= 15 is 0 Å². The summed E-state index contributed by atoms with van der Waals surface area (Å²) in [7, 11) is 1.95. The summed E-state index contributed by atoms with van der Waals surface area (Å²) in [6, 6.07) is -0.278. The highest BCUT2D eigenvalue weighted by Gasteiger charge is 2.40. The first-order valence-corrected chi connectivity index (χ1v) is 5.05. The van der Waals surface area contributed by atoms with Crippen molar-refractivity contribution in [2.24, 2.45) is 0 Å². The summed E-state index contributed by atoms with van der Waals surface area (Å²) in [5.74, 6) is 0. The minimum atomic E-state index is -0.739. The number of hydrogen-bond donors (Lipinski definition) is 2. The van der Waals surface area contributed by atoms with Crippen molar-refractivity contribution < 1.29 is 14.9 Å². The van der Waals surface area contributed by atoms with Crippen LogP contribution in [0.4, 0.5) is 0 Å². The van der Waals surface area contributed by atoms with E-state index in [0.717, 1.165) is 19.2 Å². The zero-order valence-corrected chi connectivity index (χ0v) is 8.31. The van der Waals surface area contributed by atoms with Gasteiger partial charge in [-0.1, -0.05) is 26.6 Å². The van der Waals surface area contributed by atoms with Crippen LogP contribution in [0, 0.1) is 0 Å². The largest absolute Gasteiger partial charge is 0.388 e. The third-order valence-corrected chi connectivity index (χ3v) is 2.49. The van der Waals surface area contributed by atoms with Crippen molar-refractivity contribution >= 4 is 7.28 Å². The van der Waals surface area contributed by atoms with Gasteiger partial charge in [-0.05, 0) is 6.42 Å². The minimum absolute atomic E-state index is 0.201. The molecular weight excluding hydrogens is 167 g/mol. The summed E-state index contributed by atoms with van der Waals surface area (Å²) in [6.07, 6.45) is 1.05. The van der Waals surface area contributed by atoms with Gasteiger partial charge in [0.25, 0.3) is 0 Å². The first-order valence-electron chi connectivity index (χ1n) is 5.05. The van der Waals surface area contributed by atoms with E-state index < -0.39 is 12.2 Å². The van der Waals surface area contributed by atoms with Gasteiger partial charge in [-0.15, -0.1) is 0 Å². The van der Waals surface area contributed by atoms with Crippen molar-refractivity contribution in [2.75, 3.05) is 0 Å². The molecule has 1 aliphatic rings. The van der Waals surface area contributed by atoms with Gasteiger partial charge in [0, 0.05) is 0 Å². The van der Waals surface area contributed by atoms with Crippen LogP contribution < -0.4 is 0 Å². The molecule has 0 aromatic carbocycles. The van der Waals surface area contributed by atoms with E-state index in [1.54, 1.807) is 0 Å². The molecule has 4 atom stereocenters. The Morgan fingerprint density at radius 3 is 2.38 bits per heavy atom. The first-order chi connectivity index (χ1) is 6.20. The Hall–Kier alpha value is -0.0551. The van der Waals surface area contributed by atoms with Crippen LogP contribution in [0.15, 0.2) is 0 Å². The molecule has 0 spiro atoms. The van der Waals surface area contributed by atoms with Crippen LogP contribution >= 0.6 is 0 Å². The molecule has 0 aromatic rings. The molecule has 1 rings (SSSR count). The van der Waals surface area contributed by atoms with Crippen LogP contribution in [0.3, 0.4) is 0 Å². The van der Waals surface area contributed by atoms with Crippen LogP contribution in [-0.2, 0) is 4.74 Å². The highest BCUT2D eigenvalue weighted by Crippen LogP contribution is 2.23. The smallest absolute Gasteiger partial charge is 0.153 e. The molecule has 1 saturated heterocycles. The van der Waals surface area contributed by atoms with Gasteiger partial charge in [0.15, 0.2) is 7.28 Å². The molecular formula is C9H18BO3. The lowest BCUT2D eigenvalue weighted by Crippen LogP contribution is -2.34. The number of rotatable bonds is 4. The maximum atomic E-state index is 9.58. The van der Waals surface area contributed by atoms with Crippen LogP contribution in [-0.4, -0.2) is 41.8 Å². The Morgan fingerprint density at radius 2 is 1.92 bits per heavy atom. The molecule has 13 heavy (non-hydrogen) atoms. The summed E-state index contributed by atoms with van der Waals surface area (Å²) in [4.78, 5) is 0.